The SMILES string of the molecule is CNS(=O)(=O)c1nc2ccc(Cn3cnc4cc(Br)c(Cl)cc43)cc2o1. The number of sulfonamides is 1. The van der Waals surface area contributed by atoms with E-state index in [1.165, 1.54) is 7.05 Å². The number of halogens is 2. The fourth-order valence-electron chi connectivity index (χ4n) is 2.62. The molecule has 0 atom stereocenters. The molecule has 0 aliphatic rings. The highest BCUT2D eigenvalue weighted by atomic mass is 79.9. The maximum Gasteiger partial charge on any atom is 0.331 e. The predicted molar refractivity (Wildman–Crippen MR) is 102 cm³/mol. The number of benzene rings is 2. The normalized spacial score (nSPS) is 12.3. The largest absolute Gasteiger partial charge is 0.427 e. The Morgan fingerprint density at radius 2 is 2.08 bits per heavy atom. The fraction of sp³-hybridized carbons (Fsp3) is 0.125. The lowest BCUT2D eigenvalue weighted by Crippen LogP contribution is -2.18. The second kappa shape index (κ2) is 6.34. The molecule has 1 N–H and O–H groups in total. The van der Waals surface area contributed by atoms with E-state index in [9.17, 15) is 8.42 Å². The van der Waals surface area contributed by atoms with Crippen molar-refractivity contribution in [3.05, 3.63) is 51.7 Å². The third-order valence-corrected chi connectivity index (χ3v) is 6.32. The maximum atomic E-state index is 11.8. The Hall–Kier alpha value is -1.94. The van der Waals surface area contributed by atoms with E-state index >= 15 is 0 Å². The first-order valence-electron chi connectivity index (χ1n) is 7.50. The molecule has 0 aliphatic heterocycles. The lowest BCUT2D eigenvalue weighted by atomic mass is 10.2. The van der Waals surface area contributed by atoms with Crippen LogP contribution in [0.15, 0.2) is 50.8 Å². The molecule has 0 saturated carbocycles. The Bertz CT molecular complexity index is 1250. The van der Waals surface area contributed by atoms with E-state index < -0.39 is 10.0 Å². The van der Waals surface area contributed by atoms with Crippen molar-refractivity contribution >= 4 is 59.7 Å². The third kappa shape index (κ3) is 3.01. The summed E-state index contributed by atoms with van der Waals surface area (Å²) in [5.74, 6) is 0. The average Bonchev–Trinajstić information content (AvgIpc) is 3.20. The zero-order valence-corrected chi connectivity index (χ0v) is 16.6. The molecule has 0 spiro atoms. The zero-order chi connectivity index (χ0) is 18.5. The van der Waals surface area contributed by atoms with Gasteiger partial charge in [-0.3, -0.25) is 0 Å². The van der Waals surface area contributed by atoms with Crippen molar-refractivity contribution in [3.8, 4) is 0 Å². The molecule has 2 aromatic carbocycles. The first kappa shape index (κ1) is 17.5. The maximum absolute atomic E-state index is 11.8. The smallest absolute Gasteiger partial charge is 0.331 e. The van der Waals surface area contributed by atoms with Crippen LogP contribution in [-0.4, -0.2) is 30.0 Å². The van der Waals surface area contributed by atoms with Crippen molar-refractivity contribution in [2.24, 2.45) is 0 Å². The monoisotopic (exact) mass is 454 g/mol. The molecule has 0 unspecified atom stereocenters. The molecular formula is C16H12BrClN4O3S. The number of fused-ring (bicyclic) bond motifs is 2. The van der Waals surface area contributed by atoms with Crippen LogP contribution in [0.4, 0.5) is 0 Å². The second-order valence-corrected chi connectivity index (χ2v) is 8.64. The van der Waals surface area contributed by atoms with Crippen molar-refractivity contribution in [2.75, 3.05) is 7.05 Å². The number of hydrogen-bond donors (Lipinski definition) is 1. The number of imidazole rings is 1. The van der Waals surface area contributed by atoms with Crippen molar-refractivity contribution < 1.29 is 12.8 Å². The van der Waals surface area contributed by atoms with Gasteiger partial charge in [0.1, 0.15) is 5.52 Å². The lowest BCUT2D eigenvalue weighted by molar-refractivity contribution is 0.455. The van der Waals surface area contributed by atoms with Gasteiger partial charge in [0, 0.05) is 11.0 Å². The van der Waals surface area contributed by atoms with Crippen LogP contribution in [0.1, 0.15) is 5.56 Å². The first-order chi connectivity index (χ1) is 12.4. The zero-order valence-electron chi connectivity index (χ0n) is 13.4. The standard InChI is InChI=1S/C16H12BrClN4O3S/c1-19-26(23,24)16-21-12-3-2-9(4-15(12)25-16)7-22-8-20-13-5-10(17)11(18)6-14(13)22/h2-6,8,19H,7H2,1H3. The molecule has 26 heavy (non-hydrogen) atoms. The van der Waals surface area contributed by atoms with Crippen LogP contribution in [0.5, 0.6) is 0 Å². The molecule has 0 amide bonds. The van der Waals surface area contributed by atoms with Gasteiger partial charge in [-0.2, -0.15) is 4.98 Å². The average molecular weight is 456 g/mol. The van der Waals surface area contributed by atoms with Crippen molar-refractivity contribution in [2.45, 2.75) is 11.8 Å². The molecule has 4 aromatic rings. The number of rotatable bonds is 4. The van der Waals surface area contributed by atoms with Gasteiger partial charge >= 0.3 is 5.22 Å². The van der Waals surface area contributed by atoms with Crippen LogP contribution in [0, 0.1) is 0 Å². The van der Waals surface area contributed by atoms with Crippen LogP contribution >= 0.6 is 27.5 Å². The number of nitrogens with zero attached hydrogens (tertiary/aromatic N) is 3. The molecule has 2 heterocycles. The summed E-state index contributed by atoms with van der Waals surface area (Å²) in [7, 11) is -2.41. The van der Waals surface area contributed by atoms with Gasteiger partial charge in [-0.25, -0.2) is 18.1 Å². The summed E-state index contributed by atoms with van der Waals surface area (Å²) in [6.45, 7) is 0.527. The number of nitrogens with one attached hydrogen (secondary N) is 1. The molecule has 0 bridgehead atoms. The van der Waals surface area contributed by atoms with Crippen LogP contribution in [0.2, 0.25) is 5.02 Å². The molecule has 2 aromatic heterocycles. The van der Waals surface area contributed by atoms with E-state index in [1.807, 2.05) is 22.8 Å². The van der Waals surface area contributed by atoms with Crippen molar-refractivity contribution in [1.29, 1.82) is 0 Å². The van der Waals surface area contributed by atoms with E-state index in [-0.39, 0.29) is 5.22 Å². The molecule has 10 heteroatoms. The van der Waals surface area contributed by atoms with E-state index in [4.69, 9.17) is 16.0 Å². The molecule has 0 radical (unpaired) electrons. The number of aromatic nitrogens is 3. The Morgan fingerprint density at radius 3 is 2.85 bits per heavy atom. The Kier molecular flexibility index (Phi) is 4.26. The van der Waals surface area contributed by atoms with E-state index in [0.717, 1.165) is 21.1 Å². The molecule has 0 fully saturated rings. The quantitative estimate of drug-likeness (QED) is 0.508. The van der Waals surface area contributed by atoms with Crippen molar-refractivity contribution in [3.63, 3.8) is 0 Å². The minimum absolute atomic E-state index is 0.350. The molecule has 4 rings (SSSR count). The van der Waals surface area contributed by atoms with Crippen LogP contribution in [-0.2, 0) is 16.6 Å². The molecule has 0 saturated heterocycles. The summed E-state index contributed by atoms with van der Waals surface area (Å²) in [4.78, 5) is 8.38. The summed E-state index contributed by atoms with van der Waals surface area (Å²) in [5.41, 5.74) is 3.52. The van der Waals surface area contributed by atoms with E-state index in [1.54, 1.807) is 18.5 Å². The van der Waals surface area contributed by atoms with E-state index in [0.29, 0.717) is 22.7 Å². The molecule has 7 nitrogen and oxygen atoms in total. The van der Waals surface area contributed by atoms with Gasteiger partial charge in [-0.1, -0.05) is 17.7 Å². The summed E-state index contributed by atoms with van der Waals surface area (Å²) in [6.07, 6.45) is 1.73. The Labute approximate surface area is 162 Å². The lowest BCUT2D eigenvalue weighted by Gasteiger charge is -2.05. The van der Waals surface area contributed by atoms with Crippen LogP contribution in [0.3, 0.4) is 0 Å². The Balaban J connectivity index is 1.73. The van der Waals surface area contributed by atoms with Gasteiger partial charge in [-0.15, -0.1) is 0 Å². The van der Waals surface area contributed by atoms with Crippen molar-refractivity contribution in [1.82, 2.24) is 19.3 Å². The number of oxazole rings is 1. The van der Waals surface area contributed by atoms with Gasteiger partial charge < -0.3 is 8.98 Å². The summed E-state index contributed by atoms with van der Waals surface area (Å²) < 4.78 is 34.0. The second-order valence-electron chi connectivity index (χ2n) is 5.62. The van der Waals surface area contributed by atoms with E-state index in [2.05, 4.69) is 30.6 Å². The molecular weight excluding hydrogens is 444 g/mol. The summed E-state index contributed by atoms with van der Waals surface area (Å²) in [6, 6.07) is 9.07. The van der Waals surface area contributed by atoms with Gasteiger partial charge in [0.05, 0.1) is 22.4 Å². The Morgan fingerprint density at radius 1 is 1.27 bits per heavy atom. The fourth-order valence-corrected chi connectivity index (χ4v) is 3.71. The highest BCUT2D eigenvalue weighted by molar-refractivity contribution is 9.10. The third-order valence-electron chi connectivity index (χ3n) is 3.95. The minimum Gasteiger partial charge on any atom is -0.427 e. The summed E-state index contributed by atoms with van der Waals surface area (Å²) >= 11 is 9.57. The van der Waals surface area contributed by atoms with Crippen LogP contribution in [0.25, 0.3) is 22.1 Å². The predicted octanol–water partition coefficient (Wildman–Crippen LogP) is 3.55. The van der Waals surface area contributed by atoms with Gasteiger partial charge in [0.15, 0.2) is 5.58 Å². The number of hydrogen-bond acceptors (Lipinski definition) is 5. The highest BCUT2D eigenvalue weighted by Gasteiger charge is 2.19. The minimum atomic E-state index is -3.72. The van der Waals surface area contributed by atoms with Gasteiger partial charge in [0.2, 0.25) is 0 Å². The van der Waals surface area contributed by atoms with Gasteiger partial charge in [-0.05, 0) is 52.8 Å². The first-order valence-corrected chi connectivity index (χ1v) is 10.2. The molecule has 0 aliphatic carbocycles. The van der Waals surface area contributed by atoms with Gasteiger partial charge in [0.25, 0.3) is 10.0 Å². The highest BCUT2D eigenvalue weighted by Crippen LogP contribution is 2.28. The molecule has 134 valence electrons. The van der Waals surface area contributed by atoms with Crippen LogP contribution < -0.4 is 4.72 Å². The summed E-state index contributed by atoms with van der Waals surface area (Å²) in [5, 5.41) is 0.253. The topological polar surface area (TPSA) is 90.0 Å².